The van der Waals surface area contributed by atoms with Crippen molar-refractivity contribution < 1.29 is 8.78 Å². The molecule has 0 unspecified atom stereocenters. The van der Waals surface area contributed by atoms with Crippen molar-refractivity contribution in [2.75, 3.05) is 13.1 Å². The summed E-state index contributed by atoms with van der Waals surface area (Å²) in [6.07, 6.45) is -0.439. The maximum absolute atomic E-state index is 12.8. The zero-order valence-corrected chi connectivity index (χ0v) is 12.0. The highest BCUT2D eigenvalue weighted by atomic mass is 32.2. The van der Waals surface area contributed by atoms with E-state index in [1.54, 1.807) is 12.1 Å². The Balaban J connectivity index is 1.84. The van der Waals surface area contributed by atoms with E-state index in [9.17, 15) is 8.78 Å². The van der Waals surface area contributed by atoms with Crippen molar-refractivity contribution >= 4 is 33.9 Å². The third kappa shape index (κ3) is 2.59. The third-order valence-corrected chi connectivity index (χ3v) is 4.38. The molecule has 1 aliphatic rings. The summed E-state index contributed by atoms with van der Waals surface area (Å²) in [4.78, 5) is 2.10. The number of aromatic nitrogens is 4. The molecule has 0 N–H and O–H groups in total. The first-order valence-electron chi connectivity index (χ1n) is 6.12. The molecule has 2 aromatic rings. The monoisotopic (exact) mass is 315 g/mol. The average molecular weight is 315 g/mol. The quantitative estimate of drug-likeness (QED) is 0.627. The fraction of sp³-hybridized carbons (Fsp3) is 0.455. The van der Waals surface area contributed by atoms with Gasteiger partial charge in [-0.1, -0.05) is 12.2 Å². The Bertz CT molecular complexity index is 639. The van der Waals surface area contributed by atoms with E-state index < -0.39 is 12.2 Å². The van der Waals surface area contributed by atoms with Crippen LogP contribution in [-0.4, -0.2) is 42.1 Å². The molecule has 0 saturated carbocycles. The van der Waals surface area contributed by atoms with E-state index in [-0.39, 0.29) is 0 Å². The van der Waals surface area contributed by atoms with Gasteiger partial charge in [0.2, 0.25) is 5.82 Å². The van der Waals surface area contributed by atoms with Crippen LogP contribution in [0.15, 0.2) is 17.2 Å². The number of hydrogen-bond donors (Lipinski definition) is 0. The molecule has 0 atom stereocenters. The molecule has 0 radical (unpaired) electrons. The van der Waals surface area contributed by atoms with Crippen LogP contribution in [0.4, 0.5) is 8.78 Å². The highest BCUT2D eigenvalue weighted by Gasteiger charge is 2.19. The van der Waals surface area contributed by atoms with E-state index in [1.165, 1.54) is 11.8 Å². The number of rotatable bonds is 2. The van der Waals surface area contributed by atoms with Gasteiger partial charge < -0.3 is 4.90 Å². The smallest absolute Gasteiger partial charge is 0.299 e. The van der Waals surface area contributed by atoms with Gasteiger partial charge in [-0.2, -0.15) is 9.61 Å². The van der Waals surface area contributed by atoms with Gasteiger partial charge in [0.05, 0.1) is 0 Å². The largest absolute Gasteiger partial charge is 0.357 e. The Morgan fingerprint density at radius 2 is 2.00 bits per heavy atom. The van der Waals surface area contributed by atoms with Crippen LogP contribution in [0.1, 0.15) is 25.1 Å². The number of halogens is 2. The van der Waals surface area contributed by atoms with Crippen molar-refractivity contribution in [1.29, 1.82) is 0 Å². The van der Waals surface area contributed by atoms with Gasteiger partial charge in [-0.15, -0.1) is 10.2 Å². The van der Waals surface area contributed by atoms with Crippen LogP contribution in [0.2, 0.25) is 0 Å². The molecule has 0 amide bonds. The molecular weight excluding hydrogens is 304 g/mol. The normalized spacial score (nSPS) is 15.4. The molecule has 0 aromatic carbocycles. The molecule has 0 aliphatic carbocycles. The standard InChI is InChI=1S/C11H11F2N5S2/c12-9(13)10-15-14-7-3-4-8(16-18(7)10)20-11(19)17-5-1-2-6-17/h3-4,9H,1-2,5-6H2. The fourth-order valence-corrected chi connectivity index (χ4v) is 3.22. The molecule has 0 bridgehead atoms. The first-order valence-corrected chi connectivity index (χ1v) is 7.35. The van der Waals surface area contributed by atoms with Crippen molar-refractivity contribution in [3.8, 4) is 0 Å². The predicted octanol–water partition coefficient (Wildman–Crippen LogP) is 2.53. The second-order valence-electron chi connectivity index (χ2n) is 4.36. The maximum atomic E-state index is 12.8. The topological polar surface area (TPSA) is 46.3 Å². The lowest BCUT2D eigenvalue weighted by molar-refractivity contribution is 0.137. The maximum Gasteiger partial charge on any atom is 0.299 e. The second kappa shape index (κ2) is 5.57. The molecule has 1 saturated heterocycles. The SMILES string of the molecule is FC(F)c1nnc2ccc(SC(=S)N3CCCC3)nn12. The minimum atomic E-state index is -2.71. The Morgan fingerprint density at radius 1 is 1.25 bits per heavy atom. The predicted molar refractivity (Wildman–Crippen MR) is 75.0 cm³/mol. The van der Waals surface area contributed by atoms with Crippen LogP contribution in [0.3, 0.4) is 0 Å². The minimum Gasteiger partial charge on any atom is -0.357 e. The highest BCUT2D eigenvalue weighted by molar-refractivity contribution is 8.22. The molecule has 0 spiro atoms. The minimum absolute atomic E-state index is 0.303. The first-order chi connectivity index (χ1) is 9.65. The fourth-order valence-electron chi connectivity index (χ4n) is 2.03. The Kier molecular flexibility index (Phi) is 3.79. The summed E-state index contributed by atoms with van der Waals surface area (Å²) >= 11 is 6.65. The molecule has 1 fully saturated rings. The summed E-state index contributed by atoms with van der Waals surface area (Å²) in [5.74, 6) is -0.449. The Hall–Kier alpha value is -1.35. The van der Waals surface area contributed by atoms with Gasteiger partial charge in [0.1, 0.15) is 9.35 Å². The van der Waals surface area contributed by atoms with E-state index in [0.29, 0.717) is 10.7 Å². The van der Waals surface area contributed by atoms with Crippen molar-refractivity contribution in [3.05, 3.63) is 18.0 Å². The first kappa shape index (κ1) is 13.6. The van der Waals surface area contributed by atoms with Gasteiger partial charge >= 0.3 is 0 Å². The summed E-state index contributed by atoms with van der Waals surface area (Å²) in [5.41, 5.74) is 0.303. The zero-order chi connectivity index (χ0) is 14.1. The van der Waals surface area contributed by atoms with E-state index >= 15 is 0 Å². The molecular formula is C11H11F2N5S2. The van der Waals surface area contributed by atoms with Crippen LogP contribution in [0, 0.1) is 0 Å². The summed E-state index contributed by atoms with van der Waals surface area (Å²) in [6, 6.07) is 3.33. The van der Waals surface area contributed by atoms with E-state index in [4.69, 9.17) is 12.2 Å². The number of thiocarbonyl (C=S) groups is 1. The van der Waals surface area contributed by atoms with E-state index in [0.717, 1.165) is 34.8 Å². The lowest BCUT2D eigenvalue weighted by atomic mass is 10.4. The van der Waals surface area contributed by atoms with E-state index in [2.05, 4.69) is 20.2 Å². The molecule has 20 heavy (non-hydrogen) atoms. The van der Waals surface area contributed by atoms with E-state index in [1.807, 2.05) is 0 Å². The summed E-state index contributed by atoms with van der Waals surface area (Å²) < 4.78 is 27.3. The van der Waals surface area contributed by atoms with Gasteiger partial charge in [0, 0.05) is 13.1 Å². The van der Waals surface area contributed by atoms with Crippen LogP contribution in [0.25, 0.3) is 5.65 Å². The summed E-state index contributed by atoms with van der Waals surface area (Å²) in [7, 11) is 0. The lowest BCUT2D eigenvalue weighted by Crippen LogP contribution is -2.23. The van der Waals surface area contributed by atoms with Crippen LogP contribution in [0.5, 0.6) is 0 Å². The van der Waals surface area contributed by atoms with Gasteiger partial charge in [-0.25, -0.2) is 8.78 Å². The van der Waals surface area contributed by atoms with Crippen LogP contribution < -0.4 is 0 Å². The number of hydrogen-bond acceptors (Lipinski definition) is 5. The second-order valence-corrected chi connectivity index (χ2v) is 6.02. The van der Waals surface area contributed by atoms with Gasteiger partial charge in [-0.05, 0) is 36.7 Å². The molecule has 106 valence electrons. The molecule has 5 nitrogen and oxygen atoms in total. The number of nitrogens with zero attached hydrogens (tertiary/aromatic N) is 5. The molecule has 9 heteroatoms. The van der Waals surface area contributed by atoms with Gasteiger partial charge in [-0.3, -0.25) is 0 Å². The average Bonchev–Trinajstić information content (AvgIpc) is 3.07. The summed E-state index contributed by atoms with van der Waals surface area (Å²) in [5, 5.41) is 11.8. The van der Waals surface area contributed by atoms with Crippen molar-refractivity contribution in [2.45, 2.75) is 24.3 Å². The number of alkyl halides is 2. The molecule has 3 rings (SSSR count). The number of thioether (sulfide) groups is 1. The highest BCUT2D eigenvalue weighted by Crippen LogP contribution is 2.24. The molecule has 2 aromatic heterocycles. The number of likely N-dealkylation sites (tertiary alicyclic amines) is 1. The third-order valence-electron chi connectivity index (χ3n) is 3.01. The lowest BCUT2D eigenvalue weighted by Gasteiger charge is -2.16. The van der Waals surface area contributed by atoms with Gasteiger partial charge in [0.25, 0.3) is 6.43 Å². The van der Waals surface area contributed by atoms with Crippen LogP contribution >= 0.6 is 24.0 Å². The number of fused-ring (bicyclic) bond motifs is 1. The van der Waals surface area contributed by atoms with Crippen molar-refractivity contribution in [3.63, 3.8) is 0 Å². The molecule has 1 aliphatic heterocycles. The molecule has 3 heterocycles. The summed E-state index contributed by atoms with van der Waals surface area (Å²) in [6.45, 7) is 1.89. The van der Waals surface area contributed by atoms with Crippen molar-refractivity contribution in [2.24, 2.45) is 0 Å². The Labute approximate surface area is 123 Å². The zero-order valence-electron chi connectivity index (χ0n) is 10.4. The van der Waals surface area contributed by atoms with Gasteiger partial charge in [0.15, 0.2) is 5.65 Å². The van der Waals surface area contributed by atoms with Crippen molar-refractivity contribution in [1.82, 2.24) is 24.7 Å². The Morgan fingerprint density at radius 3 is 2.70 bits per heavy atom. The van der Waals surface area contributed by atoms with Crippen LogP contribution in [-0.2, 0) is 0 Å².